The van der Waals surface area contributed by atoms with Crippen molar-refractivity contribution in [3.05, 3.63) is 12.5 Å². The van der Waals surface area contributed by atoms with Crippen LogP contribution in [0.25, 0.3) is 5.65 Å². The molecular formula is C6H10N6. The van der Waals surface area contributed by atoms with Gasteiger partial charge in [-0.3, -0.25) is 0 Å². The summed E-state index contributed by atoms with van der Waals surface area (Å²) in [5.41, 5.74) is 6.41. The lowest BCUT2D eigenvalue weighted by atomic mass is 10.8. The molecule has 2 rings (SSSR count). The first-order chi connectivity index (χ1) is 5.70. The Kier molecular flexibility index (Phi) is 1.24. The minimum absolute atomic E-state index is 0.408. The van der Waals surface area contributed by atoms with Crippen LogP contribution in [0.5, 0.6) is 0 Å². The van der Waals surface area contributed by atoms with E-state index in [1.165, 1.54) is 0 Å². The van der Waals surface area contributed by atoms with E-state index in [1.54, 1.807) is 17.0 Å². The van der Waals surface area contributed by atoms with Gasteiger partial charge in [0, 0.05) is 14.1 Å². The average molecular weight is 166 g/mol. The van der Waals surface area contributed by atoms with Crippen LogP contribution in [0.1, 0.15) is 0 Å². The Bertz CT molecular complexity index is 397. The van der Waals surface area contributed by atoms with Crippen LogP contribution in [0.2, 0.25) is 0 Å². The molecule has 2 aromatic heterocycles. The molecule has 0 bridgehead atoms. The molecule has 0 atom stereocenters. The topological polar surface area (TPSA) is 64.4 Å². The second-order valence-electron chi connectivity index (χ2n) is 2.71. The molecule has 0 aliphatic rings. The summed E-state index contributed by atoms with van der Waals surface area (Å²) < 4.78 is 3.43. The van der Waals surface area contributed by atoms with Crippen LogP contribution >= 0.6 is 0 Å². The van der Waals surface area contributed by atoms with Gasteiger partial charge >= 0.3 is 0 Å². The lowest BCUT2D eigenvalue weighted by Gasteiger charge is -2.11. The summed E-state index contributed by atoms with van der Waals surface area (Å²) >= 11 is 0. The number of imidazole rings is 1. The maximum Gasteiger partial charge on any atom is 0.223 e. The molecule has 0 saturated heterocycles. The van der Waals surface area contributed by atoms with E-state index in [0.717, 1.165) is 5.65 Å². The fraction of sp³-hybridized carbons (Fsp3) is 0.333. The zero-order valence-electron chi connectivity index (χ0n) is 6.97. The van der Waals surface area contributed by atoms with Crippen molar-refractivity contribution < 1.29 is 0 Å². The standard InChI is InChI=1S/C6H10N6/c1-10(2)11-4-9-12-5(11)3-8-6(12)7/h3-4H,1-2H3,(H2,7,8). The van der Waals surface area contributed by atoms with Gasteiger partial charge in [-0.1, -0.05) is 0 Å². The smallest absolute Gasteiger partial charge is 0.223 e. The Hall–Kier alpha value is -1.72. The number of fused-ring (bicyclic) bond motifs is 1. The number of rotatable bonds is 1. The fourth-order valence-electron chi connectivity index (χ4n) is 1.09. The van der Waals surface area contributed by atoms with Crippen LogP contribution in [-0.4, -0.2) is 33.4 Å². The van der Waals surface area contributed by atoms with E-state index >= 15 is 0 Å². The normalized spacial score (nSPS) is 10.8. The third kappa shape index (κ3) is 0.744. The summed E-state index contributed by atoms with van der Waals surface area (Å²) in [5, 5.41) is 5.94. The van der Waals surface area contributed by atoms with Gasteiger partial charge in [-0.05, 0) is 0 Å². The number of nitrogens with zero attached hydrogens (tertiary/aromatic N) is 5. The van der Waals surface area contributed by atoms with Crippen molar-refractivity contribution in [3.8, 4) is 0 Å². The van der Waals surface area contributed by atoms with Crippen molar-refractivity contribution in [2.24, 2.45) is 0 Å². The predicted molar refractivity (Wildman–Crippen MR) is 45.5 cm³/mol. The van der Waals surface area contributed by atoms with Crippen LogP contribution in [0.15, 0.2) is 12.5 Å². The van der Waals surface area contributed by atoms with Crippen LogP contribution in [0, 0.1) is 0 Å². The third-order valence-corrected chi connectivity index (χ3v) is 1.69. The molecule has 0 aliphatic heterocycles. The van der Waals surface area contributed by atoms with Crippen molar-refractivity contribution in [2.45, 2.75) is 0 Å². The van der Waals surface area contributed by atoms with Gasteiger partial charge in [0.05, 0.1) is 6.20 Å². The summed E-state index contributed by atoms with van der Waals surface area (Å²) in [4.78, 5) is 3.93. The number of nitrogen functional groups attached to an aromatic ring is 1. The first-order valence-electron chi connectivity index (χ1n) is 3.54. The lowest BCUT2D eigenvalue weighted by molar-refractivity contribution is 0.752. The van der Waals surface area contributed by atoms with E-state index < -0.39 is 0 Å². The molecule has 0 unspecified atom stereocenters. The van der Waals surface area contributed by atoms with E-state index in [2.05, 4.69) is 10.1 Å². The molecule has 0 spiro atoms. The molecule has 12 heavy (non-hydrogen) atoms. The van der Waals surface area contributed by atoms with Gasteiger partial charge in [-0.2, -0.15) is 9.61 Å². The summed E-state index contributed by atoms with van der Waals surface area (Å²) in [5.74, 6) is 0.408. The van der Waals surface area contributed by atoms with Gasteiger partial charge in [0.15, 0.2) is 5.65 Å². The number of nitrogens with two attached hydrogens (primary N) is 1. The molecule has 0 aliphatic carbocycles. The monoisotopic (exact) mass is 166 g/mol. The van der Waals surface area contributed by atoms with E-state index in [0.29, 0.717) is 5.95 Å². The molecule has 2 N–H and O–H groups in total. The van der Waals surface area contributed by atoms with E-state index in [4.69, 9.17) is 5.73 Å². The predicted octanol–water partition coefficient (Wildman–Crippen LogP) is -0.689. The van der Waals surface area contributed by atoms with Crippen LogP contribution in [0.3, 0.4) is 0 Å². The van der Waals surface area contributed by atoms with Crippen molar-refractivity contribution in [1.82, 2.24) is 19.3 Å². The average Bonchev–Trinajstić information content (AvgIpc) is 2.53. The molecule has 6 heteroatoms. The minimum atomic E-state index is 0.408. The molecule has 0 saturated carbocycles. The molecule has 64 valence electrons. The number of hydrogen-bond acceptors (Lipinski definition) is 4. The number of hydrogen-bond donors (Lipinski definition) is 1. The lowest BCUT2D eigenvalue weighted by Crippen LogP contribution is -2.23. The van der Waals surface area contributed by atoms with Crippen LogP contribution < -0.4 is 10.7 Å². The first kappa shape index (κ1) is 6.96. The third-order valence-electron chi connectivity index (χ3n) is 1.69. The molecule has 2 heterocycles. The summed E-state index contributed by atoms with van der Waals surface area (Å²) in [7, 11) is 3.84. The second kappa shape index (κ2) is 2.13. The van der Waals surface area contributed by atoms with Gasteiger partial charge in [0.1, 0.15) is 6.33 Å². The maximum absolute atomic E-state index is 5.55. The Labute approximate surface area is 69.2 Å². The Morgan fingerprint density at radius 1 is 1.50 bits per heavy atom. The highest BCUT2D eigenvalue weighted by molar-refractivity contribution is 5.43. The largest absolute Gasteiger partial charge is 0.368 e. The summed E-state index contributed by atoms with van der Waals surface area (Å²) in [6.45, 7) is 0. The Morgan fingerprint density at radius 2 is 2.25 bits per heavy atom. The van der Waals surface area contributed by atoms with Gasteiger partial charge in [0.25, 0.3) is 0 Å². The molecule has 0 amide bonds. The van der Waals surface area contributed by atoms with Gasteiger partial charge in [-0.25, -0.2) is 9.66 Å². The highest BCUT2D eigenvalue weighted by atomic mass is 15.6. The molecule has 2 aromatic rings. The van der Waals surface area contributed by atoms with E-state index in [-0.39, 0.29) is 0 Å². The quantitative estimate of drug-likeness (QED) is 0.609. The molecule has 0 fully saturated rings. The van der Waals surface area contributed by atoms with E-state index in [9.17, 15) is 0 Å². The van der Waals surface area contributed by atoms with Crippen molar-refractivity contribution in [2.75, 3.05) is 24.8 Å². The molecule has 0 aromatic carbocycles. The summed E-state index contributed by atoms with van der Waals surface area (Å²) in [6, 6.07) is 0. The highest BCUT2D eigenvalue weighted by Crippen LogP contribution is 2.05. The Balaban J connectivity index is 2.71. The number of aromatic nitrogens is 4. The summed E-state index contributed by atoms with van der Waals surface area (Å²) in [6.07, 6.45) is 3.37. The SMILES string of the molecule is CN(C)n1cnn2c(N)ncc12. The van der Waals surface area contributed by atoms with Gasteiger partial charge in [-0.15, -0.1) is 0 Å². The van der Waals surface area contributed by atoms with Crippen LogP contribution in [-0.2, 0) is 0 Å². The van der Waals surface area contributed by atoms with E-state index in [1.807, 2.05) is 23.8 Å². The minimum Gasteiger partial charge on any atom is -0.368 e. The van der Waals surface area contributed by atoms with Crippen LogP contribution in [0.4, 0.5) is 5.95 Å². The first-order valence-corrected chi connectivity index (χ1v) is 3.54. The fourth-order valence-corrected chi connectivity index (χ4v) is 1.09. The maximum atomic E-state index is 5.55. The molecular weight excluding hydrogens is 156 g/mol. The zero-order chi connectivity index (χ0) is 8.72. The van der Waals surface area contributed by atoms with Gasteiger partial charge < -0.3 is 10.7 Å². The molecule has 6 nitrogen and oxygen atoms in total. The second-order valence-corrected chi connectivity index (χ2v) is 2.71. The van der Waals surface area contributed by atoms with Crippen molar-refractivity contribution in [1.29, 1.82) is 0 Å². The van der Waals surface area contributed by atoms with Crippen molar-refractivity contribution in [3.63, 3.8) is 0 Å². The van der Waals surface area contributed by atoms with Crippen molar-refractivity contribution >= 4 is 11.6 Å². The highest BCUT2D eigenvalue weighted by Gasteiger charge is 2.06. The zero-order valence-corrected chi connectivity index (χ0v) is 6.97. The van der Waals surface area contributed by atoms with Gasteiger partial charge in [0.2, 0.25) is 5.95 Å². The Morgan fingerprint density at radius 3 is 2.92 bits per heavy atom. The molecule has 0 radical (unpaired) electrons. The number of anilines is 1.